The van der Waals surface area contributed by atoms with Crippen LogP contribution in [0.25, 0.3) is 0 Å². The highest BCUT2D eigenvalue weighted by Crippen LogP contribution is 2.28. The van der Waals surface area contributed by atoms with Crippen molar-refractivity contribution in [2.75, 3.05) is 13.1 Å². The first-order chi connectivity index (χ1) is 9.16. The van der Waals surface area contributed by atoms with E-state index in [0.29, 0.717) is 6.42 Å². The van der Waals surface area contributed by atoms with E-state index in [1.54, 1.807) is 6.20 Å². The van der Waals surface area contributed by atoms with Crippen molar-refractivity contribution < 1.29 is 5.11 Å². The van der Waals surface area contributed by atoms with Gasteiger partial charge in [-0.25, -0.2) is 0 Å². The molecule has 2 heterocycles. The van der Waals surface area contributed by atoms with Gasteiger partial charge < -0.3 is 5.11 Å². The molecule has 0 aliphatic carbocycles. The summed E-state index contributed by atoms with van der Waals surface area (Å²) >= 11 is 0. The molecule has 19 heavy (non-hydrogen) atoms. The van der Waals surface area contributed by atoms with Crippen molar-refractivity contribution in [3.8, 4) is 0 Å². The smallest absolute Gasteiger partial charge is 0.0776 e. The Kier molecular flexibility index (Phi) is 4.94. The Labute approximate surface area is 116 Å². The molecule has 1 fully saturated rings. The van der Waals surface area contributed by atoms with E-state index in [9.17, 15) is 5.11 Å². The molecule has 0 radical (unpaired) electrons. The Morgan fingerprint density at radius 2 is 2.05 bits per heavy atom. The van der Waals surface area contributed by atoms with Crippen LogP contribution in [0.3, 0.4) is 0 Å². The number of hydrogen-bond donors (Lipinski definition) is 1. The van der Waals surface area contributed by atoms with E-state index < -0.39 is 0 Å². The van der Waals surface area contributed by atoms with Gasteiger partial charge in [-0.3, -0.25) is 9.88 Å². The summed E-state index contributed by atoms with van der Waals surface area (Å²) in [6, 6.07) is 5.90. The maximum atomic E-state index is 10.7. The first kappa shape index (κ1) is 14.5. The number of hydrogen-bond acceptors (Lipinski definition) is 3. The minimum atomic E-state index is -0.356. The van der Waals surface area contributed by atoms with E-state index in [0.717, 1.165) is 25.2 Å². The highest BCUT2D eigenvalue weighted by atomic mass is 16.3. The van der Waals surface area contributed by atoms with Crippen LogP contribution >= 0.6 is 0 Å². The minimum Gasteiger partial charge on any atom is -0.391 e. The SMILES string of the molecule is CCC(C)(C(O)Cc1ccccn1)N1CCCCC1. The third-order valence-electron chi connectivity index (χ3n) is 4.64. The molecule has 3 heteroatoms. The van der Waals surface area contributed by atoms with Gasteiger partial charge in [-0.15, -0.1) is 0 Å². The van der Waals surface area contributed by atoms with Crippen LogP contribution in [-0.4, -0.2) is 39.7 Å². The number of nitrogens with zero attached hydrogens (tertiary/aromatic N) is 2. The monoisotopic (exact) mass is 262 g/mol. The molecule has 1 saturated heterocycles. The van der Waals surface area contributed by atoms with Gasteiger partial charge in [0.2, 0.25) is 0 Å². The van der Waals surface area contributed by atoms with Gasteiger partial charge in [0.25, 0.3) is 0 Å². The Bertz CT molecular complexity index is 376. The summed E-state index contributed by atoms with van der Waals surface area (Å²) in [5, 5.41) is 10.7. The Hall–Kier alpha value is -0.930. The predicted octanol–water partition coefficient (Wildman–Crippen LogP) is 2.64. The minimum absolute atomic E-state index is 0.127. The predicted molar refractivity (Wildman–Crippen MR) is 78.1 cm³/mol. The molecule has 1 aromatic heterocycles. The highest BCUT2D eigenvalue weighted by molar-refractivity contribution is 5.07. The molecule has 1 aliphatic heterocycles. The second kappa shape index (κ2) is 6.49. The first-order valence-corrected chi connectivity index (χ1v) is 7.50. The fourth-order valence-electron chi connectivity index (χ4n) is 3.01. The average molecular weight is 262 g/mol. The number of aromatic nitrogens is 1. The van der Waals surface area contributed by atoms with Gasteiger partial charge >= 0.3 is 0 Å². The first-order valence-electron chi connectivity index (χ1n) is 7.50. The summed E-state index contributed by atoms with van der Waals surface area (Å²) in [4.78, 5) is 6.81. The number of rotatable bonds is 5. The van der Waals surface area contributed by atoms with Crippen LogP contribution in [0.1, 0.15) is 45.2 Å². The van der Waals surface area contributed by atoms with Crippen molar-refractivity contribution in [1.82, 2.24) is 9.88 Å². The van der Waals surface area contributed by atoms with E-state index in [4.69, 9.17) is 0 Å². The van der Waals surface area contributed by atoms with E-state index in [1.807, 2.05) is 18.2 Å². The van der Waals surface area contributed by atoms with Crippen molar-refractivity contribution >= 4 is 0 Å². The molecule has 0 amide bonds. The third kappa shape index (κ3) is 3.34. The second-order valence-electron chi connectivity index (χ2n) is 5.80. The zero-order chi connectivity index (χ0) is 13.7. The molecule has 0 bridgehead atoms. The molecule has 106 valence electrons. The van der Waals surface area contributed by atoms with Crippen molar-refractivity contribution in [3.63, 3.8) is 0 Å². The second-order valence-corrected chi connectivity index (χ2v) is 5.80. The van der Waals surface area contributed by atoms with Crippen molar-refractivity contribution in [3.05, 3.63) is 30.1 Å². The van der Waals surface area contributed by atoms with Gasteiger partial charge in [-0.2, -0.15) is 0 Å². The maximum Gasteiger partial charge on any atom is 0.0776 e. The number of aliphatic hydroxyl groups is 1. The fraction of sp³-hybridized carbons (Fsp3) is 0.688. The van der Waals surface area contributed by atoms with E-state index in [1.165, 1.54) is 19.3 Å². The Morgan fingerprint density at radius 1 is 1.32 bits per heavy atom. The topological polar surface area (TPSA) is 36.4 Å². The van der Waals surface area contributed by atoms with Gasteiger partial charge in [-0.1, -0.05) is 19.4 Å². The van der Waals surface area contributed by atoms with Crippen LogP contribution in [-0.2, 0) is 6.42 Å². The molecule has 1 aliphatic rings. The van der Waals surface area contributed by atoms with Crippen LogP contribution < -0.4 is 0 Å². The van der Waals surface area contributed by atoms with E-state index in [-0.39, 0.29) is 11.6 Å². The van der Waals surface area contributed by atoms with E-state index in [2.05, 4.69) is 23.7 Å². The van der Waals surface area contributed by atoms with Gasteiger partial charge in [0.05, 0.1) is 6.10 Å². The molecule has 2 unspecified atom stereocenters. The van der Waals surface area contributed by atoms with Crippen molar-refractivity contribution in [2.24, 2.45) is 0 Å². The number of aliphatic hydroxyl groups excluding tert-OH is 1. The Morgan fingerprint density at radius 3 is 2.63 bits per heavy atom. The standard InChI is InChI=1S/C16H26N2O/c1-3-16(2,18-11-7-4-8-12-18)15(19)13-14-9-5-6-10-17-14/h5-6,9-10,15,19H,3-4,7-8,11-13H2,1-2H3. The molecule has 1 N–H and O–H groups in total. The summed E-state index contributed by atoms with van der Waals surface area (Å²) < 4.78 is 0. The summed E-state index contributed by atoms with van der Waals surface area (Å²) in [6.45, 7) is 6.61. The van der Waals surface area contributed by atoms with Gasteiger partial charge in [-0.05, 0) is 51.4 Å². The number of pyridine rings is 1. The zero-order valence-corrected chi connectivity index (χ0v) is 12.2. The Balaban J connectivity index is 2.06. The molecular formula is C16H26N2O. The van der Waals surface area contributed by atoms with Crippen molar-refractivity contribution in [1.29, 1.82) is 0 Å². The third-order valence-corrected chi connectivity index (χ3v) is 4.64. The summed E-state index contributed by atoms with van der Waals surface area (Å²) in [7, 11) is 0. The number of piperidine rings is 1. The molecule has 0 saturated carbocycles. The molecule has 1 aromatic rings. The lowest BCUT2D eigenvalue weighted by molar-refractivity contribution is -0.0332. The molecule has 2 atom stereocenters. The fourth-order valence-corrected chi connectivity index (χ4v) is 3.01. The quantitative estimate of drug-likeness (QED) is 0.886. The molecule has 0 spiro atoms. The molecule has 2 rings (SSSR count). The van der Waals surface area contributed by atoms with Gasteiger partial charge in [0.1, 0.15) is 0 Å². The summed E-state index contributed by atoms with van der Waals surface area (Å²) in [6.07, 6.45) is 6.89. The van der Waals surface area contributed by atoms with Crippen LogP contribution in [0.2, 0.25) is 0 Å². The zero-order valence-electron chi connectivity index (χ0n) is 12.2. The molecule has 0 aromatic carbocycles. The average Bonchev–Trinajstić information content (AvgIpc) is 2.48. The van der Waals surface area contributed by atoms with Crippen LogP contribution in [0, 0.1) is 0 Å². The normalized spacial score (nSPS) is 21.8. The lowest BCUT2D eigenvalue weighted by atomic mass is 9.85. The van der Waals surface area contributed by atoms with Crippen molar-refractivity contribution in [2.45, 2.75) is 57.6 Å². The van der Waals surface area contributed by atoms with Gasteiger partial charge in [0, 0.05) is 23.9 Å². The molecular weight excluding hydrogens is 236 g/mol. The number of likely N-dealkylation sites (tertiary alicyclic amines) is 1. The van der Waals surface area contributed by atoms with Crippen LogP contribution in [0.15, 0.2) is 24.4 Å². The lowest BCUT2D eigenvalue weighted by Crippen LogP contribution is -2.56. The van der Waals surface area contributed by atoms with Gasteiger partial charge in [0.15, 0.2) is 0 Å². The van der Waals surface area contributed by atoms with E-state index >= 15 is 0 Å². The summed E-state index contributed by atoms with van der Waals surface area (Å²) in [5.41, 5.74) is 0.851. The maximum absolute atomic E-state index is 10.7. The van der Waals surface area contributed by atoms with Crippen LogP contribution in [0.4, 0.5) is 0 Å². The van der Waals surface area contributed by atoms with Crippen LogP contribution in [0.5, 0.6) is 0 Å². The highest BCUT2D eigenvalue weighted by Gasteiger charge is 2.37. The summed E-state index contributed by atoms with van der Waals surface area (Å²) in [5.74, 6) is 0. The molecule has 3 nitrogen and oxygen atoms in total. The largest absolute Gasteiger partial charge is 0.391 e. The lowest BCUT2D eigenvalue weighted by Gasteiger charge is -2.46.